The van der Waals surface area contributed by atoms with Crippen LogP contribution >= 0.6 is 0 Å². The van der Waals surface area contributed by atoms with Crippen molar-refractivity contribution in [3.8, 4) is 5.75 Å². The molecule has 0 bridgehead atoms. The number of ether oxygens (including phenoxy) is 1. The van der Waals surface area contributed by atoms with Crippen LogP contribution in [0.1, 0.15) is 42.5 Å². The zero-order chi connectivity index (χ0) is 14.5. The molecule has 0 heterocycles. The maximum Gasteiger partial charge on any atom is 0.119 e. The van der Waals surface area contributed by atoms with E-state index in [2.05, 4.69) is 61.6 Å². The van der Waals surface area contributed by atoms with Crippen molar-refractivity contribution < 1.29 is 4.74 Å². The van der Waals surface area contributed by atoms with Crippen LogP contribution in [0, 0.1) is 0 Å². The van der Waals surface area contributed by atoms with Crippen LogP contribution in [0.4, 0.5) is 0 Å². The van der Waals surface area contributed by atoms with Gasteiger partial charge in [0.1, 0.15) is 5.75 Å². The Labute approximate surface area is 121 Å². The van der Waals surface area contributed by atoms with E-state index in [4.69, 9.17) is 4.74 Å². The van der Waals surface area contributed by atoms with Crippen molar-refractivity contribution in [1.29, 1.82) is 0 Å². The first-order valence-electron chi connectivity index (χ1n) is 7.07. The minimum absolute atomic E-state index is 0.321. The largest absolute Gasteiger partial charge is 0.497 e. The molecule has 1 N–H and O–H groups in total. The molecule has 2 rings (SSSR count). The minimum Gasteiger partial charge on any atom is -0.497 e. The third kappa shape index (κ3) is 3.02. The van der Waals surface area contributed by atoms with Crippen molar-refractivity contribution in [2.24, 2.45) is 0 Å². The lowest BCUT2D eigenvalue weighted by atomic mass is 9.87. The van der Waals surface area contributed by atoms with Gasteiger partial charge in [-0.1, -0.05) is 43.3 Å². The summed E-state index contributed by atoms with van der Waals surface area (Å²) in [6.07, 6.45) is 0. The quantitative estimate of drug-likeness (QED) is 0.881. The summed E-state index contributed by atoms with van der Waals surface area (Å²) in [7, 11) is 3.71. The molecular formula is C18H23NO. The average molecular weight is 269 g/mol. The highest BCUT2D eigenvalue weighted by Crippen LogP contribution is 2.32. The summed E-state index contributed by atoms with van der Waals surface area (Å²) in [4.78, 5) is 0. The topological polar surface area (TPSA) is 21.3 Å². The molecule has 2 unspecified atom stereocenters. The maximum atomic E-state index is 5.39. The van der Waals surface area contributed by atoms with Crippen molar-refractivity contribution in [2.45, 2.75) is 25.8 Å². The summed E-state index contributed by atoms with van der Waals surface area (Å²) in [6, 6.07) is 17.3. The van der Waals surface area contributed by atoms with Gasteiger partial charge in [-0.25, -0.2) is 0 Å². The first kappa shape index (κ1) is 14.6. The van der Waals surface area contributed by atoms with Crippen LogP contribution in [-0.4, -0.2) is 14.2 Å². The summed E-state index contributed by atoms with van der Waals surface area (Å²) in [5, 5.41) is 3.32. The van der Waals surface area contributed by atoms with E-state index >= 15 is 0 Å². The Hall–Kier alpha value is -1.80. The fourth-order valence-electron chi connectivity index (χ4n) is 2.53. The van der Waals surface area contributed by atoms with Crippen LogP contribution in [0.25, 0.3) is 0 Å². The van der Waals surface area contributed by atoms with Gasteiger partial charge in [-0.3, -0.25) is 0 Å². The number of benzene rings is 2. The highest BCUT2D eigenvalue weighted by Gasteiger charge is 2.16. The number of nitrogens with one attached hydrogen (secondary N) is 1. The van der Waals surface area contributed by atoms with E-state index in [0.29, 0.717) is 12.0 Å². The van der Waals surface area contributed by atoms with Crippen LogP contribution in [0.3, 0.4) is 0 Å². The molecular weight excluding hydrogens is 246 g/mol. The second-order valence-electron chi connectivity index (χ2n) is 5.14. The number of hydrogen-bond donors (Lipinski definition) is 1. The van der Waals surface area contributed by atoms with Gasteiger partial charge in [0.25, 0.3) is 0 Å². The Kier molecular flexibility index (Phi) is 4.80. The molecule has 2 heteroatoms. The Bertz CT molecular complexity index is 551. The molecule has 2 aromatic carbocycles. The molecule has 0 aliphatic heterocycles. The van der Waals surface area contributed by atoms with Crippen LogP contribution in [0.15, 0.2) is 48.5 Å². The molecule has 0 saturated carbocycles. The van der Waals surface area contributed by atoms with Crippen LogP contribution in [-0.2, 0) is 0 Å². The van der Waals surface area contributed by atoms with E-state index in [-0.39, 0.29) is 0 Å². The van der Waals surface area contributed by atoms with Gasteiger partial charge in [-0.05, 0) is 42.8 Å². The van der Waals surface area contributed by atoms with E-state index in [1.54, 1.807) is 7.11 Å². The van der Waals surface area contributed by atoms with E-state index in [1.165, 1.54) is 16.7 Å². The first-order valence-corrected chi connectivity index (χ1v) is 7.07. The summed E-state index contributed by atoms with van der Waals surface area (Å²) in [5.41, 5.74) is 3.97. The molecule has 0 aliphatic rings. The monoisotopic (exact) mass is 269 g/mol. The fraction of sp³-hybridized carbons (Fsp3) is 0.333. The predicted octanol–water partition coefficient (Wildman–Crippen LogP) is 4.13. The number of hydrogen-bond acceptors (Lipinski definition) is 2. The molecule has 2 atom stereocenters. The van der Waals surface area contributed by atoms with Gasteiger partial charge in [0.2, 0.25) is 0 Å². The van der Waals surface area contributed by atoms with Crippen LogP contribution in [0.2, 0.25) is 0 Å². The molecule has 0 saturated heterocycles. The smallest absolute Gasteiger partial charge is 0.119 e. The van der Waals surface area contributed by atoms with Gasteiger partial charge >= 0.3 is 0 Å². The molecule has 0 aromatic heterocycles. The van der Waals surface area contributed by atoms with Crippen LogP contribution < -0.4 is 10.1 Å². The molecule has 2 aromatic rings. The van der Waals surface area contributed by atoms with Gasteiger partial charge in [-0.2, -0.15) is 0 Å². The molecule has 2 nitrogen and oxygen atoms in total. The highest BCUT2D eigenvalue weighted by molar-refractivity contribution is 5.43. The molecule has 0 fully saturated rings. The minimum atomic E-state index is 0.321. The Morgan fingerprint density at radius 2 is 1.65 bits per heavy atom. The Morgan fingerprint density at radius 1 is 0.950 bits per heavy atom. The van der Waals surface area contributed by atoms with E-state index < -0.39 is 0 Å². The molecule has 0 spiro atoms. The van der Waals surface area contributed by atoms with Crippen molar-refractivity contribution in [3.63, 3.8) is 0 Å². The van der Waals surface area contributed by atoms with Crippen LogP contribution in [0.5, 0.6) is 5.75 Å². The number of rotatable bonds is 5. The highest BCUT2D eigenvalue weighted by atomic mass is 16.5. The van der Waals surface area contributed by atoms with Gasteiger partial charge in [-0.15, -0.1) is 0 Å². The second-order valence-corrected chi connectivity index (χ2v) is 5.14. The predicted molar refractivity (Wildman–Crippen MR) is 84.4 cm³/mol. The third-order valence-electron chi connectivity index (χ3n) is 3.96. The molecule has 20 heavy (non-hydrogen) atoms. The SMILES string of the molecule is CNC(C)c1ccc(OC)cc1C(C)c1ccccc1. The molecule has 0 radical (unpaired) electrons. The Morgan fingerprint density at radius 3 is 2.25 bits per heavy atom. The maximum absolute atomic E-state index is 5.39. The molecule has 106 valence electrons. The average Bonchev–Trinajstić information content (AvgIpc) is 2.53. The lowest BCUT2D eigenvalue weighted by Gasteiger charge is -2.22. The van der Waals surface area contributed by atoms with Gasteiger partial charge in [0.05, 0.1) is 7.11 Å². The zero-order valence-corrected chi connectivity index (χ0v) is 12.7. The van der Waals surface area contributed by atoms with Crippen molar-refractivity contribution in [1.82, 2.24) is 5.32 Å². The third-order valence-corrected chi connectivity index (χ3v) is 3.96. The standard InChI is InChI=1S/C18H23NO/c1-13(15-8-6-5-7-9-15)18-12-16(20-4)10-11-17(18)14(2)19-3/h5-14,19H,1-4H3. The number of methoxy groups -OCH3 is 1. The second kappa shape index (κ2) is 6.58. The molecule has 0 amide bonds. The normalized spacial score (nSPS) is 13.8. The Balaban J connectivity index is 2.47. The summed E-state index contributed by atoms with van der Waals surface area (Å²) in [5.74, 6) is 1.26. The van der Waals surface area contributed by atoms with Crippen molar-refractivity contribution in [3.05, 3.63) is 65.2 Å². The zero-order valence-electron chi connectivity index (χ0n) is 12.7. The van der Waals surface area contributed by atoms with E-state index in [9.17, 15) is 0 Å². The fourth-order valence-corrected chi connectivity index (χ4v) is 2.53. The van der Waals surface area contributed by atoms with Crippen molar-refractivity contribution in [2.75, 3.05) is 14.2 Å². The first-order chi connectivity index (χ1) is 9.67. The lowest BCUT2D eigenvalue weighted by Crippen LogP contribution is -2.15. The summed E-state index contributed by atoms with van der Waals surface area (Å²) < 4.78 is 5.39. The van der Waals surface area contributed by atoms with E-state index in [0.717, 1.165) is 5.75 Å². The lowest BCUT2D eigenvalue weighted by molar-refractivity contribution is 0.413. The summed E-state index contributed by atoms with van der Waals surface area (Å²) in [6.45, 7) is 4.43. The van der Waals surface area contributed by atoms with Gasteiger partial charge < -0.3 is 10.1 Å². The van der Waals surface area contributed by atoms with E-state index in [1.807, 2.05) is 13.1 Å². The van der Waals surface area contributed by atoms with Gasteiger partial charge in [0.15, 0.2) is 0 Å². The van der Waals surface area contributed by atoms with Crippen molar-refractivity contribution >= 4 is 0 Å². The van der Waals surface area contributed by atoms with Gasteiger partial charge in [0, 0.05) is 12.0 Å². The summed E-state index contributed by atoms with van der Waals surface area (Å²) >= 11 is 0. The molecule has 0 aliphatic carbocycles.